The molecule has 0 unspecified atom stereocenters. The van der Waals surface area contributed by atoms with Crippen LogP contribution in [-0.2, 0) is 20.0 Å². The van der Waals surface area contributed by atoms with E-state index in [0.29, 0.717) is 18.8 Å². The molecule has 0 aliphatic carbocycles. The van der Waals surface area contributed by atoms with Crippen molar-refractivity contribution in [1.82, 2.24) is 19.9 Å². The fourth-order valence-electron chi connectivity index (χ4n) is 2.52. The molecular weight excluding hydrogens is 256 g/mol. The van der Waals surface area contributed by atoms with Crippen LogP contribution in [0.1, 0.15) is 21.6 Å². The Balaban J connectivity index is 1.86. The van der Waals surface area contributed by atoms with E-state index in [4.69, 9.17) is 4.74 Å². The van der Waals surface area contributed by atoms with Crippen LogP contribution in [0.4, 0.5) is 0 Å². The van der Waals surface area contributed by atoms with Gasteiger partial charge in [0, 0.05) is 25.7 Å². The molecule has 0 N–H and O–H groups in total. The van der Waals surface area contributed by atoms with Crippen molar-refractivity contribution in [2.75, 3.05) is 13.7 Å². The smallest absolute Gasteiger partial charge is 0.276 e. The van der Waals surface area contributed by atoms with Crippen LogP contribution in [0.5, 0.6) is 5.75 Å². The Bertz CT molecular complexity index is 636. The standard InChI is InChI=1S/C14H16N4O2/c1-17-9-12(15-16-17)14(19)18-7-6-10-4-3-5-13(20-2)11(10)8-18/h3-5,9H,6-8H2,1-2H3. The first-order chi connectivity index (χ1) is 9.69. The molecule has 0 bridgehead atoms. The zero-order chi connectivity index (χ0) is 14.1. The SMILES string of the molecule is COc1cccc2c1CN(C(=O)c1cn(C)nn1)CC2. The Morgan fingerprint density at radius 1 is 1.40 bits per heavy atom. The van der Waals surface area contributed by atoms with Gasteiger partial charge in [-0.2, -0.15) is 0 Å². The maximum atomic E-state index is 12.4. The minimum atomic E-state index is -0.0883. The zero-order valence-corrected chi connectivity index (χ0v) is 11.5. The van der Waals surface area contributed by atoms with Crippen molar-refractivity contribution in [3.8, 4) is 5.75 Å². The van der Waals surface area contributed by atoms with E-state index >= 15 is 0 Å². The summed E-state index contributed by atoms with van der Waals surface area (Å²) < 4.78 is 6.91. The number of aryl methyl sites for hydroxylation is 1. The maximum Gasteiger partial charge on any atom is 0.276 e. The molecule has 104 valence electrons. The molecule has 3 rings (SSSR count). The first kappa shape index (κ1) is 12.7. The van der Waals surface area contributed by atoms with Crippen molar-refractivity contribution in [1.29, 1.82) is 0 Å². The number of nitrogens with zero attached hydrogens (tertiary/aromatic N) is 4. The molecule has 2 aromatic rings. The fraction of sp³-hybridized carbons (Fsp3) is 0.357. The van der Waals surface area contributed by atoms with E-state index in [1.807, 2.05) is 12.1 Å². The van der Waals surface area contributed by atoms with Gasteiger partial charge in [-0.25, -0.2) is 0 Å². The highest BCUT2D eigenvalue weighted by Crippen LogP contribution is 2.28. The summed E-state index contributed by atoms with van der Waals surface area (Å²) in [6.45, 7) is 1.24. The molecule has 1 amide bonds. The lowest BCUT2D eigenvalue weighted by molar-refractivity contribution is 0.0727. The molecule has 0 saturated carbocycles. The van der Waals surface area contributed by atoms with Crippen LogP contribution in [0, 0.1) is 0 Å². The zero-order valence-electron chi connectivity index (χ0n) is 11.5. The Labute approximate surface area is 117 Å². The van der Waals surface area contributed by atoms with Crippen LogP contribution >= 0.6 is 0 Å². The van der Waals surface area contributed by atoms with E-state index in [0.717, 1.165) is 17.7 Å². The summed E-state index contributed by atoms with van der Waals surface area (Å²) in [5.74, 6) is 0.744. The molecule has 6 heteroatoms. The third kappa shape index (κ3) is 2.13. The summed E-state index contributed by atoms with van der Waals surface area (Å²) in [5.41, 5.74) is 2.71. The first-order valence-electron chi connectivity index (χ1n) is 6.49. The molecule has 1 aromatic heterocycles. The number of ether oxygens (including phenoxy) is 1. The summed E-state index contributed by atoms with van der Waals surface area (Å²) in [6.07, 6.45) is 2.47. The molecule has 20 heavy (non-hydrogen) atoms. The van der Waals surface area contributed by atoms with Gasteiger partial charge in [0.2, 0.25) is 0 Å². The molecule has 2 heterocycles. The average Bonchev–Trinajstić information content (AvgIpc) is 2.91. The summed E-state index contributed by atoms with van der Waals surface area (Å²) >= 11 is 0. The molecule has 1 aliphatic heterocycles. The molecule has 0 saturated heterocycles. The molecule has 1 aromatic carbocycles. The van der Waals surface area contributed by atoms with Gasteiger partial charge in [-0.15, -0.1) is 5.10 Å². The Kier molecular flexibility index (Phi) is 3.14. The minimum absolute atomic E-state index is 0.0883. The van der Waals surface area contributed by atoms with E-state index in [9.17, 15) is 4.79 Å². The fourth-order valence-corrected chi connectivity index (χ4v) is 2.52. The predicted molar refractivity (Wildman–Crippen MR) is 72.4 cm³/mol. The van der Waals surface area contributed by atoms with Crippen molar-refractivity contribution in [3.05, 3.63) is 41.2 Å². The second kappa shape index (κ2) is 4.96. The highest BCUT2D eigenvalue weighted by Gasteiger charge is 2.25. The van der Waals surface area contributed by atoms with Gasteiger partial charge < -0.3 is 9.64 Å². The van der Waals surface area contributed by atoms with Gasteiger partial charge in [-0.05, 0) is 18.1 Å². The van der Waals surface area contributed by atoms with E-state index in [2.05, 4.69) is 16.4 Å². The summed E-state index contributed by atoms with van der Waals surface area (Å²) in [4.78, 5) is 14.2. The molecule has 0 atom stereocenters. The van der Waals surface area contributed by atoms with Gasteiger partial charge in [0.1, 0.15) is 5.75 Å². The van der Waals surface area contributed by atoms with Crippen LogP contribution in [0.25, 0.3) is 0 Å². The van der Waals surface area contributed by atoms with Crippen LogP contribution in [0.15, 0.2) is 24.4 Å². The number of methoxy groups -OCH3 is 1. The van der Waals surface area contributed by atoms with Crippen molar-refractivity contribution in [2.45, 2.75) is 13.0 Å². The van der Waals surface area contributed by atoms with Crippen molar-refractivity contribution < 1.29 is 9.53 Å². The second-order valence-electron chi connectivity index (χ2n) is 4.85. The van der Waals surface area contributed by atoms with Gasteiger partial charge in [0.15, 0.2) is 5.69 Å². The number of fused-ring (bicyclic) bond motifs is 1. The van der Waals surface area contributed by atoms with E-state index < -0.39 is 0 Å². The number of hydrogen-bond acceptors (Lipinski definition) is 4. The summed E-state index contributed by atoms with van der Waals surface area (Å²) in [6, 6.07) is 5.99. The topological polar surface area (TPSA) is 60.2 Å². The Morgan fingerprint density at radius 3 is 2.95 bits per heavy atom. The number of amides is 1. The molecule has 1 aliphatic rings. The Hall–Kier alpha value is -2.37. The lowest BCUT2D eigenvalue weighted by atomic mass is 9.98. The van der Waals surface area contributed by atoms with Crippen LogP contribution in [-0.4, -0.2) is 39.5 Å². The number of carbonyl (C=O) groups is 1. The van der Waals surface area contributed by atoms with Crippen LogP contribution in [0.3, 0.4) is 0 Å². The van der Waals surface area contributed by atoms with E-state index in [-0.39, 0.29) is 5.91 Å². The molecule has 0 fully saturated rings. The molecule has 0 spiro atoms. The van der Waals surface area contributed by atoms with Gasteiger partial charge in [0.05, 0.1) is 13.3 Å². The van der Waals surface area contributed by atoms with E-state index in [1.54, 1.807) is 25.3 Å². The largest absolute Gasteiger partial charge is 0.496 e. The monoisotopic (exact) mass is 272 g/mol. The lowest BCUT2D eigenvalue weighted by Gasteiger charge is -2.29. The van der Waals surface area contributed by atoms with Crippen LogP contribution < -0.4 is 4.74 Å². The van der Waals surface area contributed by atoms with Crippen molar-refractivity contribution >= 4 is 5.91 Å². The summed E-state index contributed by atoms with van der Waals surface area (Å²) in [7, 11) is 3.40. The molecule has 6 nitrogen and oxygen atoms in total. The summed E-state index contributed by atoms with van der Waals surface area (Å²) in [5, 5.41) is 7.69. The molecule has 0 radical (unpaired) electrons. The number of carbonyl (C=O) groups excluding carboxylic acids is 1. The third-order valence-electron chi connectivity index (χ3n) is 3.56. The number of rotatable bonds is 2. The highest BCUT2D eigenvalue weighted by molar-refractivity contribution is 5.92. The number of benzene rings is 1. The van der Waals surface area contributed by atoms with Gasteiger partial charge >= 0.3 is 0 Å². The normalized spacial score (nSPS) is 14.0. The second-order valence-corrected chi connectivity index (χ2v) is 4.85. The van der Waals surface area contributed by atoms with Gasteiger partial charge in [0.25, 0.3) is 5.91 Å². The van der Waals surface area contributed by atoms with Gasteiger partial charge in [-0.1, -0.05) is 17.3 Å². The quantitative estimate of drug-likeness (QED) is 0.819. The third-order valence-corrected chi connectivity index (χ3v) is 3.56. The predicted octanol–water partition coefficient (Wildman–Crippen LogP) is 1.02. The highest BCUT2D eigenvalue weighted by atomic mass is 16.5. The average molecular weight is 272 g/mol. The van der Waals surface area contributed by atoms with E-state index in [1.165, 1.54) is 10.2 Å². The van der Waals surface area contributed by atoms with Crippen molar-refractivity contribution in [2.24, 2.45) is 7.05 Å². The van der Waals surface area contributed by atoms with Crippen molar-refractivity contribution in [3.63, 3.8) is 0 Å². The van der Waals surface area contributed by atoms with Crippen LogP contribution in [0.2, 0.25) is 0 Å². The lowest BCUT2D eigenvalue weighted by Crippen LogP contribution is -2.36. The van der Waals surface area contributed by atoms with Gasteiger partial charge in [-0.3, -0.25) is 9.48 Å². The Morgan fingerprint density at radius 2 is 2.25 bits per heavy atom. The number of hydrogen-bond donors (Lipinski definition) is 0. The maximum absolute atomic E-state index is 12.4. The molecular formula is C14H16N4O2. The number of aromatic nitrogens is 3. The minimum Gasteiger partial charge on any atom is -0.496 e. The first-order valence-corrected chi connectivity index (χ1v) is 6.49.